The van der Waals surface area contributed by atoms with Crippen LogP contribution < -0.4 is 5.32 Å². The van der Waals surface area contributed by atoms with Crippen molar-refractivity contribution in [3.8, 4) is 0 Å². The monoisotopic (exact) mass is 360 g/mol. The normalized spacial score (nSPS) is 30.4. The number of phosphoric acid groups is 1. The first-order valence-electron chi connectivity index (χ1n) is 7.79. The fourth-order valence-corrected chi connectivity index (χ4v) is 3.94. The van der Waals surface area contributed by atoms with Crippen LogP contribution in [0, 0.1) is 5.92 Å². The van der Waals surface area contributed by atoms with Crippen molar-refractivity contribution in [2.24, 2.45) is 5.92 Å². The minimum Gasteiger partial charge on any atom is -0.393 e. The Balaban J connectivity index is 1.92. The molecule has 0 radical (unpaired) electrons. The van der Waals surface area contributed by atoms with Crippen molar-refractivity contribution >= 4 is 13.9 Å². The SMILES string of the molecule is C=C1C=CN(C2CC(O)C(COP(=O)(O)OC(C)(C)C)C2)C(=O)N1. The molecular formula is C15H25N2O6P. The van der Waals surface area contributed by atoms with Gasteiger partial charge in [-0.05, 0) is 39.7 Å². The number of hydrogen-bond donors (Lipinski definition) is 3. The molecule has 2 aliphatic rings. The first-order chi connectivity index (χ1) is 11.0. The van der Waals surface area contributed by atoms with Gasteiger partial charge in [-0.15, -0.1) is 0 Å². The van der Waals surface area contributed by atoms with E-state index in [1.165, 1.54) is 4.90 Å². The van der Waals surface area contributed by atoms with E-state index in [1.807, 2.05) is 0 Å². The second-order valence-corrected chi connectivity index (χ2v) is 8.48. The van der Waals surface area contributed by atoms with Crippen molar-refractivity contribution in [2.75, 3.05) is 6.61 Å². The van der Waals surface area contributed by atoms with Crippen LogP contribution in [-0.4, -0.2) is 45.3 Å². The third kappa shape index (κ3) is 5.16. The number of carbonyl (C=O) groups is 1. The molecule has 4 atom stereocenters. The number of nitrogens with one attached hydrogen (secondary N) is 1. The van der Waals surface area contributed by atoms with Crippen LogP contribution in [0.15, 0.2) is 24.6 Å². The Bertz CT molecular complexity index is 585. The summed E-state index contributed by atoms with van der Waals surface area (Å²) in [5, 5.41) is 12.8. The number of urea groups is 1. The van der Waals surface area contributed by atoms with Crippen LogP contribution in [0.25, 0.3) is 0 Å². The van der Waals surface area contributed by atoms with E-state index in [4.69, 9.17) is 9.05 Å². The molecule has 3 N–H and O–H groups in total. The minimum absolute atomic E-state index is 0.118. The molecule has 0 spiro atoms. The molecule has 1 aliphatic carbocycles. The van der Waals surface area contributed by atoms with E-state index in [9.17, 15) is 19.4 Å². The van der Waals surface area contributed by atoms with Gasteiger partial charge in [-0.25, -0.2) is 9.36 Å². The second kappa shape index (κ2) is 6.98. The lowest BCUT2D eigenvalue weighted by atomic mass is 10.1. The molecule has 2 rings (SSSR count). The summed E-state index contributed by atoms with van der Waals surface area (Å²) >= 11 is 0. The zero-order chi connectivity index (χ0) is 18.1. The van der Waals surface area contributed by atoms with E-state index in [2.05, 4.69) is 11.9 Å². The number of nitrogens with zero attached hydrogens (tertiary/aromatic N) is 1. The standard InChI is InChI=1S/C15H25N2O6P/c1-10-5-6-17(14(19)16-10)12-7-11(13(18)8-12)9-22-24(20,21)23-15(2,3)4/h5-6,11-13,18H,1,7-9H2,2-4H3,(H,16,19)(H,20,21). The molecule has 136 valence electrons. The van der Waals surface area contributed by atoms with Gasteiger partial charge in [0.05, 0.1) is 18.3 Å². The fraction of sp³-hybridized carbons (Fsp3) is 0.667. The molecule has 9 heteroatoms. The Morgan fingerprint density at radius 2 is 2.12 bits per heavy atom. The molecule has 24 heavy (non-hydrogen) atoms. The minimum atomic E-state index is -4.19. The molecule has 0 saturated heterocycles. The maximum Gasteiger partial charge on any atom is 0.472 e. The summed E-state index contributed by atoms with van der Waals surface area (Å²) in [5.74, 6) is -0.356. The quantitative estimate of drug-likeness (QED) is 0.648. The van der Waals surface area contributed by atoms with E-state index in [0.29, 0.717) is 18.5 Å². The molecule has 1 aliphatic heterocycles. The highest BCUT2D eigenvalue weighted by Crippen LogP contribution is 2.48. The smallest absolute Gasteiger partial charge is 0.393 e. The van der Waals surface area contributed by atoms with E-state index in [0.717, 1.165) is 0 Å². The molecular weight excluding hydrogens is 335 g/mol. The number of phosphoric ester groups is 1. The lowest BCUT2D eigenvalue weighted by molar-refractivity contribution is 0.0398. The molecule has 1 heterocycles. The van der Waals surface area contributed by atoms with E-state index in [1.54, 1.807) is 33.0 Å². The Morgan fingerprint density at radius 1 is 1.46 bits per heavy atom. The Labute approximate surface area is 141 Å². The van der Waals surface area contributed by atoms with Crippen LogP contribution in [0.5, 0.6) is 0 Å². The molecule has 2 amide bonds. The van der Waals surface area contributed by atoms with Gasteiger partial charge in [0.15, 0.2) is 0 Å². The Morgan fingerprint density at radius 3 is 2.71 bits per heavy atom. The Kier molecular flexibility index (Phi) is 5.57. The highest BCUT2D eigenvalue weighted by molar-refractivity contribution is 7.47. The topological polar surface area (TPSA) is 108 Å². The summed E-state index contributed by atoms with van der Waals surface area (Å²) in [7, 11) is -4.19. The summed E-state index contributed by atoms with van der Waals surface area (Å²) in [6, 6.07) is -0.510. The van der Waals surface area contributed by atoms with Gasteiger partial charge in [0.25, 0.3) is 0 Å². The van der Waals surface area contributed by atoms with Crippen LogP contribution in [0.2, 0.25) is 0 Å². The number of rotatable bonds is 5. The number of aliphatic hydroxyl groups is 1. The average Bonchev–Trinajstić information content (AvgIpc) is 2.75. The molecule has 0 aromatic carbocycles. The maximum atomic E-state index is 12.0. The largest absolute Gasteiger partial charge is 0.472 e. The van der Waals surface area contributed by atoms with Gasteiger partial charge in [-0.2, -0.15) is 0 Å². The van der Waals surface area contributed by atoms with E-state index < -0.39 is 19.5 Å². The first kappa shape index (κ1) is 19.1. The van der Waals surface area contributed by atoms with Gasteiger partial charge in [-0.3, -0.25) is 13.9 Å². The van der Waals surface area contributed by atoms with Crippen molar-refractivity contribution in [2.45, 2.75) is 51.4 Å². The predicted octanol–water partition coefficient (Wildman–Crippen LogP) is 2.11. The zero-order valence-corrected chi connectivity index (χ0v) is 15.0. The third-order valence-electron chi connectivity index (χ3n) is 3.81. The summed E-state index contributed by atoms with van der Waals surface area (Å²) in [6.45, 7) is 8.48. The first-order valence-corrected chi connectivity index (χ1v) is 9.29. The number of carbonyl (C=O) groups excluding carboxylic acids is 1. The third-order valence-corrected chi connectivity index (χ3v) is 5.06. The highest BCUT2D eigenvalue weighted by Gasteiger charge is 2.40. The highest BCUT2D eigenvalue weighted by atomic mass is 31.2. The summed E-state index contributed by atoms with van der Waals surface area (Å²) in [4.78, 5) is 23.2. The number of hydrogen-bond acceptors (Lipinski definition) is 5. The van der Waals surface area contributed by atoms with Crippen molar-refractivity contribution in [1.82, 2.24) is 10.2 Å². The lowest BCUT2D eigenvalue weighted by Crippen LogP contribution is -2.43. The summed E-state index contributed by atoms with van der Waals surface area (Å²) < 4.78 is 21.9. The van der Waals surface area contributed by atoms with Crippen molar-refractivity contribution in [3.05, 3.63) is 24.6 Å². The number of allylic oxidation sites excluding steroid dienone is 1. The molecule has 8 nitrogen and oxygen atoms in total. The van der Waals surface area contributed by atoms with Crippen LogP contribution in [0.3, 0.4) is 0 Å². The van der Waals surface area contributed by atoms with Crippen molar-refractivity contribution in [1.29, 1.82) is 0 Å². The molecule has 0 aromatic rings. The van der Waals surface area contributed by atoms with Gasteiger partial charge < -0.3 is 15.3 Å². The maximum absolute atomic E-state index is 12.0. The van der Waals surface area contributed by atoms with Gasteiger partial charge in [0, 0.05) is 23.9 Å². The molecule has 1 fully saturated rings. The second-order valence-electron chi connectivity index (χ2n) is 7.10. The molecule has 4 unspecified atom stereocenters. The van der Waals surface area contributed by atoms with Gasteiger partial charge in [0.2, 0.25) is 0 Å². The molecule has 0 aromatic heterocycles. The van der Waals surface area contributed by atoms with Crippen LogP contribution in [-0.2, 0) is 13.6 Å². The number of amides is 2. The Hall–Kier alpha value is -1.18. The van der Waals surface area contributed by atoms with Crippen molar-refractivity contribution < 1.29 is 28.4 Å². The van der Waals surface area contributed by atoms with Gasteiger partial charge in [-0.1, -0.05) is 6.58 Å². The van der Waals surface area contributed by atoms with Gasteiger partial charge in [0.1, 0.15) is 0 Å². The van der Waals surface area contributed by atoms with Crippen LogP contribution >= 0.6 is 7.82 Å². The molecule has 1 saturated carbocycles. The van der Waals surface area contributed by atoms with E-state index >= 15 is 0 Å². The predicted molar refractivity (Wildman–Crippen MR) is 87.8 cm³/mol. The lowest BCUT2D eigenvalue weighted by Gasteiger charge is -2.29. The average molecular weight is 360 g/mol. The summed E-state index contributed by atoms with van der Waals surface area (Å²) in [6.07, 6.45) is 3.41. The summed E-state index contributed by atoms with van der Waals surface area (Å²) in [5.41, 5.74) is -0.310. The van der Waals surface area contributed by atoms with E-state index in [-0.39, 0.29) is 24.6 Å². The van der Waals surface area contributed by atoms with Crippen molar-refractivity contribution in [3.63, 3.8) is 0 Å². The van der Waals surface area contributed by atoms with Crippen LogP contribution in [0.4, 0.5) is 4.79 Å². The number of aliphatic hydroxyl groups excluding tert-OH is 1. The zero-order valence-electron chi connectivity index (χ0n) is 14.1. The molecule has 0 bridgehead atoms. The van der Waals surface area contributed by atoms with Gasteiger partial charge >= 0.3 is 13.9 Å². The van der Waals surface area contributed by atoms with Crippen LogP contribution in [0.1, 0.15) is 33.6 Å². The fourth-order valence-electron chi connectivity index (χ4n) is 2.81.